The van der Waals surface area contributed by atoms with E-state index in [4.69, 9.17) is 23.7 Å². The molecule has 0 aliphatic carbocycles. The molecule has 114 valence electrons. The van der Waals surface area contributed by atoms with Gasteiger partial charge >= 0.3 is 5.97 Å². The lowest BCUT2D eigenvalue weighted by molar-refractivity contribution is -0.182. The van der Waals surface area contributed by atoms with Crippen LogP contribution in [0.5, 0.6) is 0 Å². The molecule has 0 aliphatic rings. The van der Waals surface area contributed by atoms with E-state index in [9.17, 15) is 4.79 Å². The lowest BCUT2D eigenvalue weighted by Crippen LogP contribution is -2.52. The molecule has 7 heteroatoms. The quantitative estimate of drug-likeness (QED) is 0.516. The fourth-order valence-corrected chi connectivity index (χ4v) is 1.87. The third-order valence-corrected chi connectivity index (χ3v) is 2.85. The topological polar surface area (TPSA) is 72.5 Å². The number of rotatable bonds is 10. The van der Waals surface area contributed by atoms with E-state index in [1.54, 1.807) is 7.11 Å². The van der Waals surface area contributed by atoms with Gasteiger partial charge in [0.2, 0.25) is 0 Å². The number of ether oxygens (including phenoxy) is 6. The summed E-state index contributed by atoms with van der Waals surface area (Å²) < 4.78 is 30.9. The van der Waals surface area contributed by atoms with E-state index in [0.717, 1.165) is 0 Å². The van der Waals surface area contributed by atoms with Gasteiger partial charge in [-0.2, -0.15) is 0 Å². The second-order valence-electron chi connectivity index (χ2n) is 3.81. The van der Waals surface area contributed by atoms with E-state index in [0.29, 0.717) is 6.61 Å². The Kier molecular flexibility index (Phi) is 9.72. The zero-order valence-corrected chi connectivity index (χ0v) is 12.4. The first-order valence-electron chi connectivity index (χ1n) is 5.79. The molecule has 4 atom stereocenters. The van der Waals surface area contributed by atoms with Crippen molar-refractivity contribution in [3.63, 3.8) is 0 Å². The molecule has 0 radical (unpaired) electrons. The number of carbonyl (C=O) groups excluding carboxylic acids is 1. The maximum atomic E-state index is 11.7. The molecule has 0 aromatic carbocycles. The van der Waals surface area contributed by atoms with Gasteiger partial charge in [-0.25, -0.2) is 4.79 Å². The Morgan fingerprint density at radius 3 is 1.74 bits per heavy atom. The van der Waals surface area contributed by atoms with Gasteiger partial charge in [-0.05, 0) is 0 Å². The SMILES string of the molecule is COCC(OC)C(OC)C(OC)C(OC)C(=O)OC. The molecule has 0 heterocycles. The Morgan fingerprint density at radius 2 is 1.42 bits per heavy atom. The minimum Gasteiger partial charge on any atom is -0.467 e. The van der Waals surface area contributed by atoms with E-state index in [1.807, 2.05) is 0 Å². The van der Waals surface area contributed by atoms with Crippen molar-refractivity contribution < 1.29 is 33.2 Å². The summed E-state index contributed by atoms with van der Waals surface area (Å²) in [6.07, 6.45) is -2.53. The highest BCUT2D eigenvalue weighted by Crippen LogP contribution is 2.17. The molecule has 0 N–H and O–H groups in total. The minimum absolute atomic E-state index is 0.298. The van der Waals surface area contributed by atoms with Crippen LogP contribution in [0, 0.1) is 0 Å². The summed E-state index contributed by atoms with van der Waals surface area (Å²) >= 11 is 0. The molecule has 0 amide bonds. The van der Waals surface area contributed by atoms with Crippen LogP contribution in [0.3, 0.4) is 0 Å². The highest BCUT2D eigenvalue weighted by atomic mass is 16.6. The monoisotopic (exact) mass is 280 g/mol. The van der Waals surface area contributed by atoms with Crippen molar-refractivity contribution in [1.82, 2.24) is 0 Å². The van der Waals surface area contributed by atoms with Crippen LogP contribution in [0.4, 0.5) is 0 Å². The zero-order valence-electron chi connectivity index (χ0n) is 12.4. The number of esters is 1. The van der Waals surface area contributed by atoms with Crippen molar-refractivity contribution in [3.05, 3.63) is 0 Å². The molecule has 0 aliphatic heterocycles. The van der Waals surface area contributed by atoms with Gasteiger partial charge in [-0.3, -0.25) is 0 Å². The Balaban J connectivity index is 5.07. The maximum Gasteiger partial charge on any atom is 0.337 e. The van der Waals surface area contributed by atoms with Gasteiger partial charge in [0.1, 0.15) is 18.3 Å². The molecular formula is C12H24O7. The van der Waals surface area contributed by atoms with Gasteiger partial charge in [-0.1, -0.05) is 0 Å². The molecule has 0 rings (SSSR count). The first kappa shape index (κ1) is 18.3. The molecule has 0 saturated heterocycles. The summed E-state index contributed by atoms with van der Waals surface area (Å²) in [6.45, 7) is 0.298. The van der Waals surface area contributed by atoms with Crippen LogP contribution in [0.15, 0.2) is 0 Å². The van der Waals surface area contributed by atoms with Gasteiger partial charge in [0.15, 0.2) is 6.10 Å². The maximum absolute atomic E-state index is 11.7. The summed E-state index contributed by atoms with van der Waals surface area (Å²) in [5, 5.41) is 0. The van der Waals surface area contributed by atoms with Crippen molar-refractivity contribution in [2.75, 3.05) is 49.3 Å². The van der Waals surface area contributed by atoms with Gasteiger partial charge in [0.05, 0.1) is 13.7 Å². The minimum atomic E-state index is -0.908. The molecule has 7 nitrogen and oxygen atoms in total. The lowest BCUT2D eigenvalue weighted by Gasteiger charge is -2.33. The molecule has 0 fully saturated rings. The van der Waals surface area contributed by atoms with E-state index in [-0.39, 0.29) is 0 Å². The Bertz CT molecular complexity index is 246. The number of methoxy groups -OCH3 is 6. The van der Waals surface area contributed by atoms with Gasteiger partial charge in [-0.15, -0.1) is 0 Å². The molecular weight excluding hydrogens is 256 g/mol. The second kappa shape index (κ2) is 10.1. The van der Waals surface area contributed by atoms with Crippen LogP contribution in [0.1, 0.15) is 0 Å². The predicted octanol–water partition coefficient (Wildman–Crippen LogP) is -0.134. The van der Waals surface area contributed by atoms with Gasteiger partial charge in [0, 0.05) is 35.5 Å². The third-order valence-electron chi connectivity index (χ3n) is 2.85. The standard InChI is InChI=1S/C12H24O7/c1-14-7-8(15-2)9(16-3)10(17-4)11(18-5)12(13)19-6/h8-11H,7H2,1-6H3. The molecule has 0 saturated carbocycles. The average Bonchev–Trinajstić information content (AvgIpc) is 2.45. The molecule has 0 aromatic rings. The van der Waals surface area contributed by atoms with Gasteiger partial charge < -0.3 is 28.4 Å². The molecule has 4 unspecified atom stereocenters. The van der Waals surface area contributed by atoms with E-state index >= 15 is 0 Å². The van der Waals surface area contributed by atoms with Crippen molar-refractivity contribution in [1.29, 1.82) is 0 Å². The Hall–Kier alpha value is -0.730. The predicted molar refractivity (Wildman–Crippen MR) is 67.1 cm³/mol. The van der Waals surface area contributed by atoms with Crippen molar-refractivity contribution in [3.8, 4) is 0 Å². The van der Waals surface area contributed by atoms with Crippen LogP contribution < -0.4 is 0 Å². The first-order chi connectivity index (χ1) is 9.10. The third kappa shape index (κ3) is 5.04. The normalized spacial score (nSPS) is 17.6. The zero-order chi connectivity index (χ0) is 14.8. The van der Waals surface area contributed by atoms with Crippen LogP contribution >= 0.6 is 0 Å². The van der Waals surface area contributed by atoms with E-state index in [1.165, 1.54) is 35.5 Å². The second-order valence-corrected chi connectivity index (χ2v) is 3.81. The van der Waals surface area contributed by atoms with Crippen molar-refractivity contribution >= 4 is 5.97 Å². The summed E-state index contributed by atoms with van der Waals surface area (Å²) in [6, 6.07) is 0. The van der Waals surface area contributed by atoms with Crippen LogP contribution in [-0.4, -0.2) is 79.7 Å². The average molecular weight is 280 g/mol. The number of carbonyl (C=O) groups is 1. The fourth-order valence-electron chi connectivity index (χ4n) is 1.87. The summed E-state index contributed by atoms with van der Waals surface area (Å²) in [7, 11) is 8.73. The van der Waals surface area contributed by atoms with Crippen LogP contribution in [-0.2, 0) is 33.2 Å². The molecule has 19 heavy (non-hydrogen) atoms. The number of hydrogen-bond donors (Lipinski definition) is 0. The van der Waals surface area contributed by atoms with Crippen molar-refractivity contribution in [2.24, 2.45) is 0 Å². The van der Waals surface area contributed by atoms with Crippen LogP contribution in [0.2, 0.25) is 0 Å². The first-order valence-corrected chi connectivity index (χ1v) is 5.79. The highest BCUT2D eigenvalue weighted by Gasteiger charge is 2.40. The highest BCUT2D eigenvalue weighted by molar-refractivity contribution is 5.75. The van der Waals surface area contributed by atoms with E-state index < -0.39 is 30.4 Å². The number of hydrogen-bond acceptors (Lipinski definition) is 7. The van der Waals surface area contributed by atoms with E-state index in [2.05, 4.69) is 4.74 Å². The van der Waals surface area contributed by atoms with Gasteiger partial charge in [0.25, 0.3) is 0 Å². The Labute approximate surface area is 114 Å². The Morgan fingerprint density at radius 1 is 0.842 bits per heavy atom. The largest absolute Gasteiger partial charge is 0.467 e. The fraction of sp³-hybridized carbons (Fsp3) is 0.917. The van der Waals surface area contributed by atoms with Crippen molar-refractivity contribution in [2.45, 2.75) is 24.4 Å². The summed E-state index contributed by atoms with van der Waals surface area (Å²) in [5.74, 6) is -0.538. The molecule has 0 aromatic heterocycles. The summed E-state index contributed by atoms with van der Waals surface area (Å²) in [5.41, 5.74) is 0. The molecule has 0 bridgehead atoms. The molecule has 0 spiro atoms. The summed E-state index contributed by atoms with van der Waals surface area (Å²) in [4.78, 5) is 11.7. The smallest absolute Gasteiger partial charge is 0.337 e. The lowest BCUT2D eigenvalue weighted by atomic mass is 10.0. The van der Waals surface area contributed by atoms with Crippen LogP contribution in [0.25, 0.3) is 0 Å².